The fraction of sp³-hybridized carbons (Fsp3) is 0.417. The lowest BCUT2D eigenvalue weighted by atomic mass is 10.1. The van der Waals surface area contributed by atoms with Crippen molar-refractivity contribution in [2.45, 2.75) is 18.6 Å². The van der Waals surface area contributed by atoms with E-state index in [1.165, 1.54) is 6.07 Å². The highest BCUT2D eigenvalue weighted by atomic mass is 32.2. The largest absolute Gasteiger partial charge is 0.478 e. The Morgan fingerprint density at radius 1 is 1.33 bits per heavy atom. The summed E-state index contributed by atoms with van der Waals surface area (Å²) in [5.41, 5.74) is 0.545. The summed E-state index contributed by atoms with van der Waals surface area (Å²) in [5, 5.41) is 11.9. The molecule has 0 unspecified atom stereocenters. The van der Waals surface area contributed by atoms with Crippen LogP contribution < -0.4 is 5.32 Å². The lowest BCUT2D eigenvalue weighted by Gasteiger charge is -2.23. The quantitative estimate of drug-likeness (QED) is 0.850. The van der Waals surface area contributed by atoms with E-state index in [1.54, 1.807) is 32.0 Å². The fourth-order valence-corrected chi connectivity index (χ4v) is 1.60. The molecule has 0 spiro atoms. The van der Waals surface area contributed by atoms with Gasteiger partial charge in [-0.15, -0.1) is 0 Å². The molecule has 6 heteroatoms. The molecular weight excluding hydrogens is 254 g/mol. The molecule has 1 rings (SSSR count). The molecule has 0 aliphatic rings. The molecule has 5 nitrogen and oxygen atoms in total. The number of nitrogens with one attached hydrogen (secondary N) is 1. The Hall–Kier alpha value is -1.56. The van der Waals surface area contributed by atoms with E-state index >= 15 is 0 Å². The number of hydrogen-bond donors (Lipinski definition) is 2. The van der Waals surface area contributed by atoms with Crippen LogP contribution in [0.2, 0.25) is 0 Å². The minimum atomic E-state index is -3.22. The van der Waals surface area contributed by atoms with Crippen LogP contribution in [0.15, 0.2) is 24.3 Å². The minimum Gasteiger partial charge on any atom is -0.478 e. The first kappa shape index (κ1) is 14.5. The number of benzene rings is 1. The standard InChI is InChI=1S/C12H17NO4S/c1-12(2,18(3,16)17)8-13-10-7-5-4-6-9(10)11(14)15/h4-7,13H,8H2,1-3H3,(H,14,15). The topological polar surface area (TPSA) is 83.5 Å². The van der Waals surface area contributed by atoms with Crippen molar-refractivity contribution in [3.05, 3.63) is 29.8 Å². The Balaban J connectivity index is 2.91. The van der Waals surface area contributed by atoms with E-state index in [0.717, 1.165) is 6.26 Å². The molecule has 0 amide bonds. The zero-order valence-electron chi connectivity index (χ0n) is 10.6. The number of sulfone groups is 1. The average molecular weight is 271 g/mol. The second-order valence-electron chi connectivity index (χ2n) is 4.74. The molecular formula is C12H17NO4S. The van der Waals surface area contributed by atoms with Crippen LogP contribution in [-0.2, 0) is 9.84 Å². The number of rotatable bonds is 5. The van der Waals surface area contributed by atoms with Crippen LogP contribution in [0, 0.1) is 0 Å². The maximum absolute atomic E-state index is 11.5. The summed E-state index contributed by atoms with van der Waals surface area (Å²) in [6.07, 6.45) is 1.16. The van der Waals surface area contributed by atoms with Gasteiger partial charge in [0.1, 0.15) is 0 Å². The van der Waals surface area contributed by atoms with Gasteiger partial charge in [-0.05, 0) is 26.0 Å². The lowest BCUT2D eigenvalue weighted by molar-refractivity contribution is 0.0698. The normalized spacial score (nSPS) is 12.2. The van der Waals surface area contributed by atoms with Crippen molar-refractivity contribution in [2.75, 3.05) is 18.1 Å². The average Bonchev–Trinajstić information content (AvgIpc) is 2.25. The van der Waals surface area contributed by atoms with Crippen LogP contribution in [0.3, 0.4) is 0 Å². The summed E-state index contributed by atoms with van der Waals surface area (Å²) in [6.45, 7) is 3.34. The Morgan fingerprint density at radius 2 is 1.89 bits per heavy atom. The molecule has 0 atom stereocenters. The molecule has 0 fully saturated rings. The highest BCUT2D eigenvalue weighted by Gasteiger charge is 2.30. The van der Waals surface area contributed by atoms with Gasteiger partial charge in [0.15, 0.2) is 9.84 Å². The fourth-order valence-electron chi connectivity index (χ4n) is 1.26. The lowest BCUT2D eigenvalue weighted by Crippen LogP contribution is -2.38. The van der Waals surface area contributed by atoms with Crippen LogP contribution in [0.5, 0.6) is 0 Å². The van der Waals surface area contributed by atoms with Crippen LogP contribution in [0.1, 0.15) is 24.2 Å². The van der Waals surface area contributed by atoms with Gasteiger partial charge in [0.05, 0.1) is 10.3 Å². The predicted octanol–water partition coefficient (Wildman–Crippen LogP) is 1.62. The third-order valence-corrected chi connectivity index (χ3v) is 5.02. The van der Waals surface area contributed by atoms with E-state index in [4.69, 9.17) is 5.11 Å². The van der Waals surface area contributed by atoms with E-state index < -0.39 is 20.6 Å². The van der Waals surface area contributed by atoms with Crippen LogP contribution in [0.4, 0.5) is 5.69 Å². The van der Waals surface area contributed by atoms with Crippen LogP contribution >= 0.6 is 0 Å². The maximum Gasteiger partial charge on any atom is 0.337 e. The molecule has 0 aliphatic carbocycles. The Labute approximate surface area is 107 Å². The molecule has 0 saturated carbocycles. The van der Waals surface area contributed by atoms with Gasteiger partial charge in [-0.25, -0.2) is 13.2 Å². The van der Waals surface area contributed by atoms with Crippen molar-refractivity contribution in [1.29, 1.82) is 0 Å². The van der Waals surface area contributed by atoms with Gasteiger partial charge in [-0.1, -0.05) is 12.1 Å². The third kappa shape index (κ3) is 3.22. The number of carboxylic acids is 1. The first-order valence-corrected chi connectivity index (χ1v) is 7.30. The first-order chi connectivity index (χ1) is 8.15. The molecule has 0 aliphatic heterocycles. The van der Waals surface area contributed by atoms with Gasteiger partial charge in [0, 0.05) is 18.5 Å². The van der Waals surface area contributed by atoms with Gasteiger partial charge < -0.3 is 10.4 Å². The van der Waals surface area contributed by atoms with Gasteiger partial charge in [-0.3, -0.25) is 0 Å². The van der Waals surface area contributed by atoms with Gasteiger partial charge in [0.2, 0.25) is 0 Å². The van der Waals surface area contributed by atoms with Gasteiger partial charge in [-0.2, -0.15) is 0 Å². The minimum absolute atomic E-state index is 0.127. The smallest absolute Gasteiger partial charge is 0.337 e. The number of para-hydroxylation sites is 1. The Morgan fingerprint density at radius 3 is 2.39 bits per heavy atom. The van der Waals surface area contributed by atoms with E-state index in [2.05, 4.69) is 5.32 Å². The number of carbonyl (C=O) groups is 1. The highest BCUT2D eigenvalue weighted by molar-refractivity contribution is 7.92. The second-order valence-corrected chi connectivity index (χ2v) is 7.39. The molecule has 0 saturated heterocycles. The summed E-state index contributed by atoms with van der Waals surface area (Å²) in [4.78, 5) is 11.0. The zero-order chi connectivity index (χ0) is 14.0. The number of carboxylic acid groups (broad SMARTS) is 1. The highest BCUT2D eigenvalue weighted by Crippen LogP contribution is 2.19. The molecule has 0 radical (unpaired) electrons. The van der Waals surface area contributed by atoms with Crippen LogP contribution in [0.25, 0.3) is 0 Å². The molecule has 18 heavy (non-hydrogen) atoms. The molecule has 0 heterocycles. The summed E-state index contributed by atoms with van der Waals surface area (Å²) in [5.74, 6) is -1.05. The number of hydrogen-bond acceptors (Lipinski definition) is 4. The Kier molecular flexibility index (Phi) is 4.01. The number of aromatic carboxylic acids is 1. The first-order valence-electron chi connectivity index (χ1n) is 5.41. The SMILES string of the molecule is CC(C)(CNc1ccccc1C(=O)O)S(C)(=O)=O. The second kappa shape index (κ2) is 4.97. The predicted molar refractivity (Wildman–Crippen MR) is 70.8 cm³/mol. The molecule has 2 N–H and O–H groups in total. The summed E-state index contributed by atoms with van der Waals surface area (Å²) in [7, 11) is -3.22. The molecule has 100 valence electrons. The van der Waals surface area contributed by atoms with Crippen molar-refractivity contribution < 1.29 is 18.3 Å². The van der Waals surface area contributed by atoms with E-state index in [9.17, 15) is 13.2 Å². The maximum atomic E-state index is 11.5. The summed E-state index contributed by atoms with van der Waals surface area (Å²) >= 11 is 0. The summed E-state index contributed by atoms with van der Waals surface area (Å²) < 4.78 is 22.1. The van der Waals surface area contributed by atoms with Gasteiger partial charge >= 0.3 is 5.97 Å². The molecule has 0 bridgehead atoms. The van der Waals surface area contributed by atoms with Gasteiger partial charge in [0.25, 0.3) is 0 Å². The van der Waals surface area contributed by atoms with E-state index in [0.29, 0.717) is 5.69 Å². The molecule has 1 aromatic rings. The van der Waals surface area contributed by atoms with E-state index in [-0.39, 0.29) is 12.1 Å². The van der Waals surface area contributed by atoms with Crippen molar-refractivity contribution >= 4 is 21.5 Å². The van der Waals surface area contributed by atoms with Crippen molar-refractivity contribution in [3.8, 4) is 0 Å². The van der Waals surface area contributed by atoms with Crippen molar-refractivity contribution in [2.24, 2.45) is 0 Å². The number of anilines is 1. The zero-order valence-corrected chi connectivity index (χ0v) is 11.4. The molecule has 1 aromatic carbocycles. The van der Waals surface area contributed by atoms with Crippen molar-refractivity contribution in [1.82, 2.24) is 0 Å². The molecule has 0 aromatic heterocycles. The Bertz CT molecular complexity index is 549. The van der Waals surface area contributed by atoms with E-state index in [1.807, 2.05) is 0 Å². The summed E-state index contributed by atoms with van der Waals surface area (Å²) in [6, 6.07) is 6.40. The van der Waals surface area contributed by atoms with Crippen LogP contribution in [-0.4, -0.2) is 37.0 Å². The third-order valence-electron chi connectivity index (χ3n) is 2.87. The van der Waals surface area contributed by atoms with Crippen molar-refractivity contribution in [3.63, 3.8) is 0 Å². The monoisotopic (exact) mass is 271 g/mol.